The quantitative estimate of drug-likeness (QED) is 0.578. The van der Waals surface area contributed by atoms with Gasteiger partial charge in [0, 0.05) is 43.2 Å². The number of para-hydroxylation sites is 2. The molecule has 1 saturated heterocycles. The van der Waals surface area contributed by atoms with Crippen LogP contribution in [0.3, 0.4) is 0 Å². The van der Waals surface area contributed by atoms with Crippen molar-refractivity contribution in [2.75, 3.05) is 26.2 Å². The molecule has 1 aliphatic rings. The van der Waals surface area contributed by atoms with Crippen molar-refractivity contribution in [1.82, 2.24) is 9.80 Å². The number of alkyl halides is 2. The third-order valence-electron chi connectivity index (χ3n) is 5.06. The van der Waals surface area contributed by atoms with Gasteiger partial charge in [-0.15, -0.1) is 0 Å². The summed E-state index contributed by atoms with van der Waals surface area (Å²) < 4.78 is 35.1. The van der Waals surface area contributed by atoms with Gasteiger partial charge in [-0.1, -0.05) is 36.4 Å². The van der Waals surface area contributed by atoms with Crippen LogP contribution in [0.15, 0.2) is 65.1 Å². The molecule has 2 heterocycles. The Bertz CT molecular complexity index is 1080. The van der Waals surface area contributed by atoms with Gasteiger partial charge in [-0.05, 0) is 24.3 Å². The summed E-state index contributed by atoms with van der Waals surface area (Å²) in [5, 5.41) is 0.862. The molecule has 0 unspecified atom stereocenters. The number of rotatable bonds is 5. The molecule has 4 rings (SSSR count). The molecule has 2 amide bonds. The van der Waals surface area contributed by atoms with Crippen LogP contribution in [0.4, 0.5) is 8.78 Å². The van der Waals surface area contributed by atoms with Crippen molar-refractivity contribution in [2.45, 2.75) is 6.61 Å². The summed E-state index contributed by atoms with van der Waals surface area (Å²) in [7, 11) is 0. The molecular weight excluding hydrogens is 406 g/mol. The molecule has 0 radical (unpaired) electrons. The van der Waals surface area contributed by atoms with Crippen LogP contribution in [-0.2, 0) is 4.79 Å². The third kappa shape index (κ3) is 4.74. The number of carbonyl (C=O) groups is 2. The van der Waals surface area contributed by atoms with Crippen molar-refractivity contribution in [3.05, 3.63) is 72.0 Å². The van der Waals surface area contributed by atoms with Crippen molar-refractivity contribution >= 4 is 28.9 Å². The Kier molecular flexibility index (Phi) is 5.97. The second kappa shape index (κ2) is 8.99. The number of nitrogens with zero attached hydrogens (tertiary/aromatic N) is 2. The van der Waals surface area contributed by atoms with Crippen molar-refractivity contribution in [3.63, 3.8) is 0 Å². The van der Waals surface area contributed by atoms with Gasteiger partial charge in [0.25, 0.3) is 5.91 Å². The van der Waals surface area contributed by atoms with Crippen LogP contribution in [0.5, 0.6) is 5.75 Å². The van der Waals surface area contributed by atoms with Crippen molar-refractivity contribution < 1.29 is 27.5 Å². The van der Waals surface area contributed by atoms with Gasteiger partial charge >= 0.3 is 6.61 Å². The van der Waals surface area contributed by atoms with E-state index in [4.69, 9.17) is 4.42 Å². The molecule has 31 heavy (non-hydrogen) atoms. The molecule has 1 fully saturated rings. The lowest BCUT2D eigenvalue weighted by Gasteiger charge is -2.33. The average molecular weight is 426 g/mol. The van der Waals surface area contributed by atoms with Crippen LogP contribution in [-0.4, -0.2) is 54.4 Å². The van der Waals surface area contributed by atoms with Crippen LogP contribution in [0.25, 0.3) is 17.0 Å². The van der Waals surface area contributed by atoms with Gasteiger partial charge in [-0.2, -0.15) is 8.78 Å². The molecule has 0 saturated carbocycles. The van der Waals surface area contributed by atoms with Gasteiger partial charge < -0.3 is 19.0 Å². The SMILES string of the molecule is O=C(/C=C/c1ccccc1OC(F)F)N1CCN(C(=O)c2cc3ccccc3o2)CC1. The Morgan fingerprint density at radius 2 is 1.65 bits per heavy atom. The van der Waals surface area contributed by atoms with E-state index in [1.54, 1.807) is 40.1 Å². The second-order valence-electron chi connectivity index (χ2n) is 7.02. The van der Waals surface area contributed by atoms with E-state index in [2.05, 4.69) is 4.74 Å². The van der Waals surface area contributed by atoms with Gasteiger partial charge in [0.05, 0.1) is 0 Å². The first-order chi connectivity index (χ1) is 15.0. The summed E-state index contributed by atoms with van der Waals surface area (Å²) in [6.07, 6.45) is 2.77. The topological polar surface area (TPSA) is 63.0 Å². The standard InChI is InChI=1S/C23H20F2N2O4/c24-23(25)31-18-7-3-1-5-16(18)9-10-21(28)26-11-13-27(14-12-26)22(29)20-15-17-6-2-4-8-19(17)30-20/h1-10,15,23H,11-14H2/b10-9+. The number of carbonyl (C=O) groups excluding carboxylic acids is 2. The summed E-state index contributed by atoms with van der Waals surface area (Å²) in [6.45, 7) is -1.46. The van der Waals surface area contributed by atoms with E-state index in [1.165, 1.54) is 18.2 Å². The Labute approximate surface area is 177 Å². The molecule has 0 aliphatic carbocycles. The number of fused-ring (bicyclic) bond motifs is 1. The Balaban J connectivity index is 1.36. The lowest BCUT2D eigenvalue weighted by molar-refractivity contribution is -0.127. The Morgan fingerprint density at radius 3 is 2.39 bits per heavy atom. The minimum Gasteiger partial charge on any atom is -0.451 e. The molecule has 0 spiro atoms. The van der Waals surface area contributed by atoms with Crippen LogP contribution in [0.2, 0.25) is 0 Å². The summed E-state index contributed by atoms with van der Waals surface area (Å²) in [5.74, 6) is -0.195. The fraction of sp³-hybridized carbons (Fsp3) is 0.217. The normalized spacial score (nSPS) is 14.5. The van der Waals surface area contributed by atoms with Gasteiger partial charge in [0.1, 0.15) is 11.3 Å². The smallest absolute Gasteiger partial charge is 0.387 e. The van der Waals surface area contributed by atoms with Crippen molar-refractivity contribution in [2.24, 2.45) is 0 Å². The zero-order chi connectivity index (χ0) is 21.8. The number of halogens is 2. The monoisotopic (exact) mass is 426 g/mol. The van der Waals surface area contributed by atoms with E-state index in [0.29, 0.717) is 37.3 Å². The van der Waals surface area contributed by atoms with E-state index in [1.807, 2.05) is 18.2 Å². The lowest BCUT2D eigenvalue weighted by Crippen LogP contribution is -2.50. The molecule has 0 N–H and O–H groups in total. The lowest BCUT2D eigenvalue weighted by atomic mass is 10.2. The average Bonchev–Trinajstić information content (AvgIpc) is 3.22. The number of amides is 2. The summed E-state index contributed by atoms with van der Waals surface area (Å²) in [4.78, 5) is 28.5. The minimum absolute atomic E-state index is 0.00259. The number of ether oxygens (including phenoxy) is 1. The van der Waals surface area contributed by atoms with Crippen LogP contribution < -0.4 is 4.74 Å². The van der Waals surface area contributed by atoms with Crippen LogP contribution in [0.1, 0.15) is 16.1 Å². The highest BCUT2D eigenvalue weighted by Gasteiger charge is 2.26. The molecule has 2 aromatic carbocycles. The maximum absolute atomic E-state index is 12.7. The Hall–Kier alpha value is -3.68. The van der Waals surface area contributed by atoms with Crippen molar-refractivity contribution in [3.8, 4) is 5.75 Å². The molecule has 1 aliphatic heterocycles. The van der Waals surface area contributed by atoms with E-state index >= 15 is 0 Å². The number of hydrogen-bond acceptors (Lipinski definition) is 4. The molecule has 160 valence electrons. The van der Waals surface area contributed by atoms with Gasteiger partial charge in [-0.3, -0.25) is 9.59 Å². The number of hydrogen-bond donors (Lipinski definition) is 0. The van der Waals surface area contributed by atoms with E-state index < -0.39 is 6.61 Å². The maximum Gasteiger partial charge on any atom is 0.387 e. The molecule has 8 heteroatoms. The first kappa shape index (κ1) is 20.6. The molecule has 1 aromatic heterocycles. The first-order valence-electron chi connectivity index (χ1n) is 9.80. The summed E-state index contributed by atoms with van der Waals surface area (Å²) in [5.41, 5.74) is 1.04. The van der Waals surface area contributed by atoms with Gasteiger partial charge in [0.2, 0.25) is 5.91 Å². The highest BCUT2D eigenvalue weighted by molar-refractivity contribution is 5.96. The number of piperazine rings is 1. The largest absolute Gasteiger partial charge is 0.451 e. The van der Waals surface area contributed by atoms with Gasteiger partial charge in [0.15, 0.2) is 5.76 Å². The van der Waals surface area contributed by atoms with Gasteiger partial charge in [-0.25, -0.2) is 0 Å². The highest BCUT2D eigenvalue weighted by Crippen LogP contribution is 2.22. The molecule has 0 bridgehead atoms. The molecular formula is C23H20F2N2O4. The first-order valence-corrected chi connectivity index (χ1v) is 9.80. The fourth-order valence-corrected chi connectivity index (χ4v) is 3.46. The molecule has 0 atom stereocenters. The number of benzene rings is 2. The van der Waals surface area contributed by atoms with Crippen LogP contribution in [0, 0.1) is 0 Å². The summed E-state index contributed by atoms with van der Waals surface area (Å²) >= 11 is 0. The highest BCUT2D eigenvalue weighted by atomic mass is 19.3. The van der Waals surface area contributed by atoms with Crippen molar-refractivity contribution in [1.29, 1.82) is 0 Å². The van der Waals surface area contributed by atoms with E-state index in [0.717, 1.165) is 5.39 Å². The maximum atomic E-state index is 12.7. The fourth-order valence-electron chi connectivity index (χ4n) is 3.46. The predicted molar refractivity (Wildman–Crippen MR) is 111 cm³/mol. The predicted octanol–water partition coefficient (Wildman–Crippen LogP) is 4.03. The van der Waals surface area contributed by atoms with E-state index in [9.17, 15) is 18.4 Å². The number of furan rings is 1. The van der Waals surface area contributed by atoms with Crippen LogP contribution >= 0.6 is 0 Å². The summed E-state index contributed by atoms with van der Waals surface area (Å²) in [6, 6.07) is 15.4. The molecule has 3 aromatic rings. The third-order valence-corrected chi connectivity index (χ3v) is 5.06. The Morgan fingerprint density at radius 1 is 0.968 bits per heavy atom. The molecule has 6 nitrogen and oxygen atoms in total. The van der Waals surface area contributed by atoms with E-state index in [-0.39, 0.29) is 23.3 Å². The second-order valence-corrected chi connectivity index (χ2v) is 7.02. The minimum atomic E-state index is -2.94. The zero-order valence-electron chi connectivity index (χ0n) is 16.5. The zero-order valence-corrected chi connectivity index (χ0v) is 16.5.